The number of hydrogen-bond donors (Lipinski definition) is 2. The van der Waals surface area contributed by atoms with Crippen LogP contribution in [-0.4, -0.2) is 50.5 Å². The monoisotopic (exact) mass is 496 g/mol. The summed E-state index contributed by atoms with van der Waals surface area (Å²) >= 11 is 0. The minimum Gasteiger partial charge on any atom is -0.373 e. The molecule has 7 heteroatoms. The third-order valence-electron chi connectivity index (χ3n) is 7.25. The van der Waals surface area contributed by atoms with Crippen LogP contribution < -0.4 is 5.32 Å². The lowest BCUT2D eigenvalue weighted by molar-refractivity contribution is -0.133. The fourth-order valence-electron chi connectivity index (χ4n) is 5.25. The first-order valence-corrected chi connectivity index (χ1v) is 12.9. The number of piperidine rings is 1. The van der Waals surface area contributed by atoms with Gasteiger partial charge in [0, 0.05) is 37.7 Å². The van der Waals surface area contributed by atoms with Crippen molar-refractivity contribution in [3.8, 4) is 0 Å². The molecule has 2 amide bonds. The summed E-state index contributed by atoms with van der Waals surface area (Å²) in [5.41, 5.74) is 1.98. The van der Waals surface area contributed by atoms with Crippen molar-refractivity contribution in [3.05, 3.63) is 101 Å². The van der Waals surface area contributed by atoms with Gasteiger partial charge in [-0.15, -0.1) is 0 Å². The van der Waals surface area contributed by atoms with Gasteiger partial charge in [-0.25, -0.2) is 4.98 Å². The number of nitrogens with zero attached hydrogens (tertiary/aromatic N) is 3. The van der Waals surface area contributed by atoms with Gasteiger partial charge in [0.1, 0.15) is 0 Å². The lowest BCUT2D eigenvalue weighted by atomic mass is 9.85. The molecule has 1 aliphatic rings. The van der Waals surface area contributed by atoms with Crippen LogP contribution in [0.3, 0.4) is 0 Å². The van der Waals surface area contributed by atoms with E-state index >= 15 is 0 Å². The number of carbonyl (C=O) groups is 2. The first kappa shape index (κ1) is 24.7. The molecule has 5 rings (SSSR count). The van der Waals surface area contributed by atoms with E-state index in [-0.39, 0.29) is 17.9 Å². The molecule has 37 heavy (non-hydrogen) atoms. The summed E-state index contributed by atoms with van der Waals surface area (Å²) in [6, 6.07) is 24.4. The zero-order valence-corrected chi connectivity index (χ0v) is 21.2. The van der Waals surface area contributed by atoms with E-state index < -0.39 is 5.60 Å². The van der Waals surface area contributed by atoms with Gasteiger partial charge < -0.3 is 19.9 Å². The van der Waals surface area contributed by atoms with Crippen molar-refractivity contribution < 1.29 is 14.7 Å². The maximum Gasteiger partial charge on any atom is 0.251 e. The smallest absolute Gasteiger partial charge is 0.251 e. The Labute approximate surface area is 216 Å². The first-order chi connectivity index (χ1) is 18.0. The van der Waals surface area contributed by atoms with Crippen molar-refractivity contribution in [1.82, 2.24) is 19.8 Å². The Morgan fingerprint density at radius 2 is 1.65 bits per heavy atom. The van der Waals surface area contributed by atoms with Crippen molar-refractivity contribution in [2.45, 2.75) is 44.9 Å². The summed E-state index contributed by atoms with van der Waals surface area (Å²) in [4.78, 5) is 31.9. The van der Waals surface area contributed by atoms with Crippen molar-refractivity contribution in [1.29, 1.82) is 0 Å². The highest BCUT2D eigenvalue weighted by molar-refractivity contribution is 5.97. The van der Waals surface area contributed by atoms with Gasteiger partial charge in [-0.1, -0.05) is 60.7 Å². The molecule has 2 N–H and O–H groups in total. The minimum absolute atomic E-state index is 0.0752. The normalized spacial score (nSPS) is 16.2. The van der Waals surface area contributed by atoms with E-state index in [4.69, 9.17) is 4.98 Å². The summed E-state index contributed by atoms with van der Waals surface area (Å²) in [5.74, 6) is 0.464. The second-order valence-electron chi connectivity index (χ2n) is 9.47. The van der Waals surface area contributed by atoms with Crippen LogP contribution in [0.2, 0.25) is 0 Å². The van der Waals surface area contributed by atoms with Crippen molar-refractivity contribution >= 4 is 22.8 Å². The summed E-state index contributed by atoms with van der Waals surface area (Å²) in [5, 5.41) is 15.4. The van der Waals surface area contributed by atoms with Crippen LogP contribution >= 0.6 is 0 Å². The number of aryl methyl sites for hydroxylation is 1. The van der Waals surface area contributed by atoms with Crippen molar-refractivity contribution in [2.24, 2.45) is 0 Å². The average molecular weight is 497 g/mol. The lowest BCUT2D eigenvalue weighted by Gasteiger charge is -2.32. The number of fused-ring (bicyclic) bond motifs is 1. The number of benzene rings is 3. The molecule has 1 aromatic heterocycles. The van der Waals surface area contributed by atoms with Gasteiger partial charge in [0.25, 0.3) is 5.91 Å². The Bertz CT molecular complexity index is 1380. The minimum atomic E-state index is -1.47. The Morgan fingerprint density at radius 3 is 2.24 bits per heavy atom. The highest BCUT2D eigenvalue weighted by Crippen LogP contribution is 2.37. The van der Waals surface area contributed by atoms with E-state index in [0.717, 1.165) is 16.6 Å². The van der Waals surface area contributed by atoms with Crippen LogP contribution in [0, 0.1) is 0 Å². The number of hydrogen-bond acceptors (Lipinski definition) is 4. The average Bonchev–Trinajstić information content (AvgIpc) is 3.33. The molecule has 1 atom stereocenters. The number of nitrogens with one attached hydrogen (secondary N) is 1. The Balaban J connectivity index is 1.54. The second-order valence-corrected chi connectivity index (χ2v) is 9.47. The van der Waals surface area contributed by atoms with Gasteiger partial charge >= 0.3 is 0 Å². The molecule has 0 bridgehead atoms. The van der Waals surface area contributed by atoms with Crippen molar-refractivity contribution in [3.63, 3.8) is 0 Å². The Kier molecular flexibility index (Phi) is 6.80. The van der Waals surface area contributed by atoms with Crippen LogP contribution in [-0.2, 0) is 16.9 Å². The molecule has 0 saturated carbocycles. The Morgan fingerprint density at radius 1 is 1.00 bits per heavy atom. The van der Waals surface area contributed by atoms with E-state index in [2.05, 4.69) is 5.32 Å². The van der Waals surface area contributed by atoms with Gasteiger partial charge in [-0.05, 0) is 49.6 Å². The lowest BCUT2D eigenvalue weighted by Crippen LogP contribution is -2.49. The van der Waals surface area contributed by atoms with Crippen LogP contribution in [0.1, 0.15) is 54.0 Å². The molecule has 190 valence electrons. The molecular formula is C30H32N4O3. The summed E-state index contributed by atoms with van der Waals surface area (Å²) < 4.78 is 1.98. The largest absolute Gasteiger partial charge is 0.373 e. The van der Waals surface area contributed by atoms with E-state index in [1.54, 1.807) is 11.0 Å². The molecule has 7 nitrogen and oxygen atoms in total. The summed E-state index contributed by atoms with van der Waals surface area (Å²) in [7, 11) is 0. The SMILES string of the molecule is CCN1C[C@@H](NC(=O)c2ccc3nc(C(O)(c4ccccc4)c4ccccc4)n(CC)c3c2)CCC1=O. The van der Waals surface area contributed by atoms with E-state index in [1.165, 1.54) is 0 Å². The molecule has 2 heterocycles. The van der Waals surface area contributed by atoms with E-state index in [0.29, 0.717) is 49.4 Å². The van der Waals surface area contributed by atoms with Gasteiger partial charge in [0.2, 0.25) is 5.91 Å². The second kappa shape index (κ2) is 10.2. The molecular weight excluding hydrogens is 464 g/mol. The highest BCUT2D eigenvalue weighted by atomic mass is 16.3. The molecule has 0 unspecified atom stereocenters. The number of imidazole rings is 1. The third kappa shape index (κ3) is 4.51. The van der Waals surface area contributed by atoms with Crippen LogP contribution in [0.4, 0.5) is 0 Å². The maximum absolute atomic E-state index is 13.2. The highest BCUT2D eigenvalue weighted by Gasteiger charge is 2.39. The maximum atomic E-state index is 13.2. The molecule has 1 saturated heterocycles. The topological polar surface area (TPSA) is 87.5 Å². The van der Waals surface area contributed by atoms with Crippen LogP contribution in [0.25, 0.3) is 11.0 Å². The number of rotatable bonds is 7. The van der Waals surface area contributed by atoms with Crippen molar-refractivity contribution in [2.75, 3.05) is 13.1 Å². The number of aliphatic hydroxyl groups is 1. The number of likely N-dealkylation sites (N-methyl/N-ethyl adjacent to an activating group) is 1. The van der Waals surface area contributed by atoms with Gasteiger partial charge in [0.15, 0.2) is 11.4 Å². The van der Waals surface area contributed by atoms with Gasteiger partial charge in [0.05, 0.1) is 11.0 Å². The molecule has 4 aromatic rings. The fraction of sp³-hybridized carbons (Fsp3) is 0.300. The van der Waals surface area contributed by atoms with Gasteiger partial charge in [-0.3, -0.25) is 9.59 Å². The summed E-state index contributed by atoms with van der Waals surface area (Å²) in [6.45, 7) is 5.69. The number of amides is 2. The first-order valence-electron chi connectivity index (χ1n) is 12.9. The van der Waals surface area contributed by atoms with Crippen LogP contribution in [0.15, 0.2) is 78.9 Å². The number of likely N-dealkylation sites (tertiary alicyclic amines) is 1. The quantitative estimate of drug-likeness (QED) is 0.404. The predicted octanol–water partition coefficient (Wildman–Crippen LogP) is 4.08. The van der Waals surface area contributed by atoms with Gasteiger partial charge in [-0.2, -0.15) is 0 Å². The standard InChI is InChI=1S/C30H32N4O3/c1-3-33-20-24(16-18-27(33)35)31-28(36)21-15-17-25-26(19-21)34(4-2)29(32-25)30(37,22-11-7-5-8-12-22)23-13-9-6-10-14-23/h5-15,17,19,24,37H,3-4,16,18,20H2,1-2H3,(H,31,36)/t24-/m0/s1. The zero-order chi connectivity index (χ0) is 26.0. The summed E-state index contributed by atoms with van der Waals surface area (Å²) in [6.07, 6.45) is 1.09. The molecule has 0 radical (unpaired) electrons. The van der Waals surface area contributed by atoms with E-state index in [9.17, 15) is 14.7 Å². The fourth-order valence-corrected chi connectivity index (χ4v) is 5.25. The molecule has 1 aliphatic heterocycles. The van der Waals surface area contributed by atoms with E-state index in [1.807, 2.05) is 91.2 Å². The zero-order valence-electron chi connectivity index (χ0n) is 21.2. The van der Waals surface area contributed by atoms with Crippen LogP contribution in [0.5, 0.6) is 0 Å². The number of carbonyl (C=O) groups excluding carboxylic acids is 2. The molecule has 3 aromatic carbocycles. The number of aromatic nitrogens is 2. The predicted molar refractivity (Wildman–Crippen MR) is 143 cm³/mol. The Hall–Kier alpha value is -3.97. The molecule has 1 fully saturated rings. The molecule has 0 spiro atoms. The third-order valence-corrected chi connectivity index (χ3v) is 7.25. The molecule has 0 aliphatic carbocycles.